The summed E-state index contributed by atoms with van der Waals surface area (Å²) in [6, 6.07) is 12.3. The normalized spacial score (nSPS) is 13.5. The van der Waals surface area contributed by atoms with Crippen LogP contribution in [0.15, 0.2) is 64.5 Å². The van der Waals surface area contributed by atoms with Crippen molar-refractivity contribution in [1.82, 2.24) is 8.87 Å². The Morgan fingerprint density at radius 2 is 1.72 bits per heavy atom. The number of fused-ring (bicyclic) bond motifs is 1. The Morgan fingerprint density at radius 3 is 2.36 bits per heavy atom. The van der Waals surface area contributed by atoms with E-state index < -0.39 is 15.8 Å². The summed E-state index contributed by atoms with van der Waals surface area (Å²) >= 11 is 1.60. The van der Waals surface area contributed by atoms with Crippen LogP contribution in [0.2, 0.25) is 0 Å². The summed E-state index contributed by atoms with van der Waals surface area (Å²) in [7, 11) is 0.162. The summed E-state index contributed by atoms with van der Waals surface area (Å²) < 4.78 is 40.4. The van der Waals surface area contributed by atoms with E-state index in [1.807, 2.05) is 32.3 Å². The molecule has 0 radical (unpaired) electrons. The Labute approximate surface area is 151 Å². The van der Waals surface area contributed by atoms with Crippen molar-refractivity contribution in [2.24, 2.45) is 0 Å². The number of para-hydroxylation sites is 1. The van der Waals surface area contributed by atoms with Crippen molar-refractivity contribution >= 4 is 32.7 Å². The minimum atomic E-state index is -3.79. The number of nitrogens with zero attached hydrogens (tertiary/aromatic N) is 2. The van der Waals surface area contributed by atoms with Crippen molar-refractivity contribution in [1.29, 1.82) is 0 Å². The second-order valence-corrected chi connectivity index (χ2v) is 9.12. The van der Waals surface area contributed by atoms with Crippen LogP contribution in [0.1, 0.15) is 6.92 Å². The summed E-state index contributed by atoms with van der Waals surface area (Å²) in [5, 5.41) is 1.07. The molecule has 2 aromatic carbocycles. The fourth-order valence-corrected chi connectivity index (χ4v) is 4.90. The molecule has 0 bridgehead atoms. The third kappa shape index (κ3) is 3.44. The van der Waals surface area contributed by atoms with Gasteiger partial charge in [0.25, 0.3) is 10.0 Å². The molecule has 1 heterocycles. The molecule has 25 heavy (non-hydrogen) atoms. The van der Waals surface area contributed by atoms with Gasteiger partial charge in [0.15, 0.2) is 0 Å². The van der Waals surface area contributed by atoms with Gasteiger partial charge in [-0.05, 0) is 51.4 Å². The molecule has 1 aromatic heterocycles. The Morgan fingerprint density at radius 1 is 1.08 bits per heavy atom. The number of thioether (sulfide) groups is 1. The van der Waals surface area contributed by atoms with E-state index in [4.69, 9.17) is 0 Å². The van der Waals surface area contributed by atoms with E-state index in [2.05, 4.69) is 11.8 Å². The quantitative estimate of drug-likeness (QED) is 0.497. The number of hydrogen-bond donors (Lipinski definition) is 0. The predicted octanol–water partition coefficient (Wildman–Crippen LogP) is 4.02. The standard InChI is InChI=1S/C18H19FN2O2S2/c1-13(20(2)3)24-18-12-21(17-7-5-4-6-16(17)18)25(22,23)15-10-8-14(19)9-11-15/h4-13H,1-3H3. The average molecular weight is 378 g/mol. The fourth-order valence-electron chi connectivity index (χ4n) is 2.42. The van der Waals surface area contributed by atoms with Gasteiger partial charge in [-0.3, -0.25) is 4.90 Å². The minimum Gasteiger partial charge on any atom is -0.298 e. The van der Waals surface area contributed by atoms with Gasteiger partial charge in [0.1, 0.15) is 5.82 Å². The Balaban J connectivity index is 2.15. The average Bonchev–Trinajstić information content (AvgIpc) is 2.95. The van der Waals surface area contributed by atoms with Crippen LogP contribution in [-0.4, -0.2) is 36.8 Å². The van der Waals surface area contributed by atoms with E-state index in [1.165, 1.54) is 16.1 Å². The summed E-state index contributed by atoms with van der Waals surface area (Å²) in [4.78, 5) is 3.01. The molecule has 4 nitrogen and oxygen atoms in total. The van der Waals surface area contributed by atoms with Crippen LogP contribution in [-0.2, 0) is 10.0 Å². The van der Waals surface area contributed by atoms with Crippen molar-refractivity contribution in [3.63, 3.8) is 0 Å². The van der Waals surface area contributed by atoms with Crippen molar-refractivity contribution in [2.45, 2.75) is 22.1 Å². The fraction of sp³-hybridized carbons (Fsp3) is 0.222. The molecule has 0 amide bonds. The molecule has 0 saturated heterocycles. The summed E-state index contributed by atoms with van der Waals surface area (Å²) in [5.74, 6) is -0.465. The molecule has 0 saturated carbocycles. The van der Waals surface area contributed by atoms with Crippen LogP contribution >= 0.6 is 11.8 Å². The Kier molecular flexibility index (Phi) is 4.90. The molecule has 0 spiro atoms. The number of benzene rings is 2. The largest absolute Gasteiger partial charge is 0.298 e. The highest BCUT2D eigenvalue weighted by atomic mass is 32.2. The lowest BCUT2D eigenvalue weighted by Crippen LogP contribution is -2.20. The molecule has 7 heteroatoms. The van der Waals surface area contributed by atoms with Gasteiger partial charge >= 0.3 is 0 Å². The first kappa shape index (κ1) is 18.0. The highest BCUT2D eigenvalue weighted by Gasteiger charge is 2.22. The maximum atomic E-state index is 13.1. The number of hydrogen-bond acceptors (Lipinski definition) is 4. The maximum Gasteiger partial charge on any atom is 0.268 e. The molecule has 0 N–H and O–H groups in total. The number of rotatable bonds is 5. The molecule has 0 aliphatic carbocycles. The lowest BCUT2D eigenvalue weighted by Gasteiger charge is -2.18. The van der Waals surface area contributed by atoms with Crippen LogP contribution < -0.4 is 0 Å². The third-order valence-electron chi connectivity index (χ3n) is 4.04. The molecule has 3 rings (SSSR count). The van der Waals surface area contributed by atoms with Crippen LogP contribution in [0.3, 0.4) is 0 Å². The van der Waals surface area contributed by atoms with E-state index in [-0.39, 0.29) is 10.3 Å². The first-order valence-corrected chi connectivity index (χ1v) is 10.1. The van der Waals surface area contributed by atoms with Crippen LogP contribution in [0, 0.1) is 5.82 Å². The first-order chi connectivity index (χ1) is 11.8. The summed E-state index contributed by atoms with van der Waals surface area (Å²) in [5.41, 5.74) is 0.611. The second kappa shape index (κ2) is 6.82. The number of aromatic nitrogens is 1. The van der Waals surface area contributed by atoms with E-state index in [0.717, 1.165) is 22.4 Å². The highest BCUT2D eigenvalue weighted by Crippen LogP contribution is 2.35. The van der Waals surface area contributed by atoms with Crippen molar-refractivity contribution in [3.8, 4) is 0 Å². The van der Waals surface area contributed by atoms with Gasteiger partial charge in [-0.25, -0.2) is 16.8 Å². The van der Waals surface area contributed by atoms with Gasteiger partial charge in [-0.2, -0.15) is 0 Å². The smallest absolute Gasteiger partial charge is 0.268 e. The molecule has 1 atom stereocenters. The second-order valence-electron chi connectivity index (χ2n) is 5.95. The summed E-state index contributed by atoms with van der Waals surface area (Å²) in [6.45, 7) is 2.06. The first-order valence-electron chi connectivity index (χ1n) is 7.75. The molecule has 1 unspecified atom stereocenters. The molecular weight excluding hydrogens is 359 g/mol. The Hall–Kier alpha value is -1.83. The van der Waals surface area contributed by atoms with Crippen molar-refractivity contribution in [2.75, 3.05) is 14.1 Å². The minimum absolute atomic E-state index is 0.0619. The molecule has 132 valence electrons. The zero-order valence-corrected chi connectivity index (χ0v) is 15.8. The molecule has 0 aliphatic heterocycles. The van der Waals surface area contributed by atoms with E-state index in [0.29, 0.717) is 5.52 Å². The van der Waals surface area contributed by atoms with E-state index in [9.17, 15) is 12.8 Å². The van der Waals surface area contributed by atoms with Gasteiger partial charge in [0.05, 0.1) is 15.8 Å². The van der Waals surface area contributed by atoms with E-state index >= 15 is 0 Å². The lowest BCUT2D eigenvalue weighted by molar-refractivity contribution is 0.402. The van der Waals surface area contributed by atoms with E-state index in [1.54, 1.807) is 24.0 Å². The SMILES string of the molecule is CC(Sc1cn(S(=O)(=O)c2ccc(F)cc2)c2ccccc12)N(C)C. The maximum absolute atomic E-state index is 13.1. The van der Waals surface area contributed by atoms with Crippen LogP contribution in [0.5, 0.6) is 0 Å². The van der Waals surface area contributed by atoms with Crippen molar-refractivity contribution < 1.29 is 12.8 Å². The predicted molar refractivity (Wildman–Crippen MR) is 99.9 cm³/mol. The highest BCUT2D eigenvalue weighted by molar-refractivity contribution is 8.00. The van der Waals surface area contributed by atoms with Gasteiger partial charge in [-0.1, -0.05) is 18.2 Å². The summed E-state index contributed by atoms with van der Waals surface area (Å²) in [6.07, 6.45) is 1.65. The van der Waals surface area contributed by atoms with Gasteiger partial charge in [-0.15, -0.1) is 11.8 Å². The van der Waals surface area contributed by atoms with Gasteiger partial charge < -0.3 is 0 Å². The zero-order chi connectivity index (χ0) is 18.2. The van der Waals surface area contributed by atoms with Crippen molar-refractivity contribution in [3.05, 3.63) is 60.5 Å². The molecule has 0 fully saturated rings. The third-order valence-corrected chi connectivity index (χ3v) is 7.07. The van der Waals surface area contributed by atoms with Gasteiger partial charge in [0.2, 0.25) is 0 Å². The van der Waals surface area contributed by atoms with Gasteiger partial charge in [0, 0.05) is 16.5 Å². The number of halogens is 1. The Bertz CT molecular complexity index is 996. The molecule has 0 aliphatic rings. The zero-order valence-electron chi connectivity index (χ0n) is 14.2. The van der Waals surface area contributed by atoms with Crippen LogP contribution in [0.4, 0.5) is 4.39 Å². The topological polar surface area (TPSA) is 42.3 Å². The monoisotopic (exact) mass is 378 g/mol. The molecular formula is C18H19FN2O2S2. The van der Waals surface area contributed by atoms with Crippen LogP contribution in [0.25, 0.3) is 10.9 Å². The lowest BCUT2D eigenvalue weighted by atomic mass is 10.2. The molecule has 3 aromatic rings.